The number of halogens is 1. The van der Waals surface area contributed by atoms with Crippen LogP contribution in [0.1, 0.15) is 5.82 Å². The van der Waals surface area contributed by atoms with Crippen LogP contribution in [0.5, 0.6) is 0 Å². The van der Waals surface area contributed by atoms with Gasteiger partial charge in [-0.1, -0.05) is 45.9 Å². The summed E-state index contributed by atoms with van der Waals surface area (Å²) in [5.74, 6) is 1.71. The van der Waals surface area contributed by atoms with E-state index in [4.69, 9.17) is 4.42 Å². The first-order valence-electron chi connectivity index (χ1n) is 7.34. The zero-order valence-corrected chi connectivity index (χ0v) is 15.2. The van der Waals surface area contributed by atoms with E-state index in [0.29, 0.717) is 22.7 Å². The first-order valence-corrected chi connectivity index (χ1v) is 9.12. The molecule has 7 nitrogen and oxygen atoms in total. The normalized spacial score (nSPS) is 10.9. The Bertz CT molecular complexity index is 970. The summed E-state index contributed by atoms with van der Waals surface area (Å²) in [6, 6.07) is 17.4. The zero-order valence-electron chi connectivity index (χ0n) is 12.8. The summed E-state index contributed by atoms with van der Waals surface area (Å²) in [6.45, 7) is 0. The van der Waals surface area contributed by atoms with E-state index < -0.39 is 0 Å². The van der Waals surface area contributed by atoms with Crippen LogP contribution in [0.2, 0.25) is 0 Å². The molecule has 0 spiro atoms. The Labute approximate surface area is 155 Å². The van der Waals surface area contributed by atoms with Crippen LogP contribution >= 0.6 is 27.7 Å². The van der Waals surface area contributed by atoms with Crippen LogP contribution in [0.25, 0.3) is 17.1 Å². The SMILES string of the molecule is Brc1ccc(-c2nnc(SCc3nnnn3-c3ccccc3)o2)cc1. The van der Waals surface area contributed by atoms with Gasteiger partial charge in [0.15, 0.2) is 5.82 Å². The van der Waals surface area contributed by atoms with E-state index in [1.807, 2.05) is 54.6 Å². The molecule has 2 aromatic carbocycles. The highest BCUT2D eigenvalue weighted by Crippen LogP contribution is 2.26. The Morgan fingerprint density at radius 2 is 1.76 bits per heavy atom. The van der Waals surface area contributed by atoms with E-state index in [-0.39, 0.29) is 0 Å². The topological polar surface area (TPSA) is 82.5 Å². The van der Waals surface area contributed by atoms with Crippen LogP contribution in [-0.2, 0) is 5.75 Å². The molecule has 0 saturated carbocycles. The average Bonchev–Trinajstić information content (AvgIpc) is 3.31. The molecule has 9 heteroatoms. The molecule has 0 aliphatic rings. The molecule has 4 rings (SSSR count). The second-order valence-corrected chi connectivity index (χ2v) is 6.85. The fraction of sp³-hybridized carbons (Fsp3) is 0.0625. The maximum atomic E-state index is 5.70. The Balaban J connectivity index is 1.48. The highest BCUT2D eigenvalue weighted by atomic mass is 79.9. The van der Waals surface area contributed by atoms with Crippen LogP contribution in [0.3, 0.4) is 0 Å². The quantitative estimate of drug-likeness (QED) is 0.459. The highest BCUT2D eigenvalue weighted by Gasteiger charge is 2.13. The van der Waals surface area contributed by atoms with Gasteiger partial charge in [0.2, 0.25) is 5.89 Å². The number of hydrogen-bond acceptors (Lipinski definition) is 7. The first-order chi connectivity index (χ1) is 12.3. The van der Waals surface area contributed by atoms with E-state index in [2.05, 4.69) is 41.7 Å². The van der Waals surface area contributed by atoms with Gasteiger partial charge in [0.25, 0.3) is 5.22 Å². The van der Waals surface area contributed by atoms with Crippen LogP contribution in [-0.4, -0.2) is 30.4 Å². The molecule has 2 heterocycles. The molecule has 4 aromatic rings. The van der Waals surface area contributed by atoms with Gasteiger partial charge in [0.05, 0.1) is 11.4 Å². The van der Waals surface area contributed by atoms with Crippen molar-refractivity contribution in [2.24, 2.45) is 0 Å². The lowest BCUT2D eigenvalue weighted by atomic mass is 10.2. The van der Waals surface area contributed by atoms with Crippen molar-refractivity contribution >= 4 is 27.7 Å². The minimum Gasteiger partial charge on any atom is -0.411 e. The predicted octanol–water partition coefficient (Wildman–Crippen LogP) is 3.77. The summed E-state index contributed by atoms with van der Waals surface area (Å²) in [5.41, 5.74) is 1.78. The zero-order chi connectivity index (χ0) is 17.1. The van der Waals surface area contributed by atoms with Crippen molar-refractivity contribution in [2.75, 3.05) is 0 Å². The molecule has 0 fully saturated rings. The molecule has 25 heavy (non-hydrogen) atoms. The number of thioether (sulfide) groups is 1. The molecule has 0 saturated heterocycles. The summed E-state index contributed by atoms with van der Waals surface area (Å²) < 4.78 is 8.39. The number of benzene rings is 2. The van der Waals surface area contributed by atoms with Crippen LogP contribution in [0.15, 0.2) is 68.7 Å². The van der Waals surface area contributed by atoms with E-state index in [0.717, 1.165) is 15.7 Å². The molecule has 0 radical (unpaired) electrons. The van der Waals surface area contributed by atoms with Crippen molar-refractivity contribution in [3.8, 4) is 17.1 Å². The second kappa shape index (κ2) is 7.16. The van der Waals surface area contributed by atoms with Gasteiger partial charge in [0, 0.05) is 10.0 Å². The van der Waals surface area contributed by atoms with Gasteiger partial charge in [-0.15, -0.1) is 15.3 Å². The summed E-state index contributed by atoms with van der Waals surface area (Å²) in [5, 5.41) is 20.5. The molecule has 0 unspecified atom stereocenters. The van der Waals surface area contributed by atoms with E-state index in [9.17, 15) is 0 Å². The second-order valence-electron chi connectivity index (χ2n) is 5.01. The number of aromatic nitrogens is 6. The molecular formula is C16H11BrN6OS. The Hall–Kier alpha value is -2.52. The van der Waals surface area contributed by atoms with E-state index in [1.54, 1.807) is 4.68 Å². The fourth-order valence-corrected chi connectivity index (χ4v) is 3.10. The standard InChI is InChI=1S/C16H11BrN6OS/c17-12-8-6-11(7-9-12)15-19-20-16(24-15)25-10-14-18-21-22-23(14)13-4-2-1-3-5-13/h1-9H,10H2. The van der Waals surface area contributed by atoms with Crippen LogP contribution in [0, 0.1) is 0 Å². The third kappa shape index (κ3) is 3.62. The number of rotatable bonds is 5. The van der Waals surface area contributed by atoms with Crippen molar-refractivity contribution < 1.29 is 4.42 Å². The summed E-state index contributed by atoms with van der Waals surface area (Å²) >= 11 is 4.80. The van der Waals surface area contributed by atoms with Gasteiger partial charge in [-0.2, -0.15) is 4.68 Å². The van der Waals surface area contributed by atoms with Crippen molar-refractivity contribution in [1.29, 1.82) is 0 Å². The van der Waals surface area contributed by atoms with E-state index >= 15 is 0 Å². The van der Waals surface area contributed by atoms with Crippen LogP contribution < -0.4 is 0 Å². The van der Waals surface area contributed by atoms with Gasteiger partial charge < -0.3 is 4.42 Å². The summed E-state index contributed by atoms with van der Waals surface area (Å²) in [6.07, 6.45) is 0. The minimum absolute atomic E-state index is 0.473. The Kier molecular flexibility index (Phi) is 4.57. The monoisotopic (exact) mass is 414 g/mol. The van der Waals surface area contributed by atoms with Crippen molar-refractivity contribution in [3.05, 3.63) is 64.9 Å². The lowest BCUT2D eigenvalue weighted by Gasteiger charge is -2.02. The maximum Gasteiger partial charge on any atom is 0.277 e. The van der Waals surface area contributed by atoms with Crippen LogP contribution in [0.4, 0.5) is 0 Å². The summed E-state index contributed by atoms with van der Waals surface area (Å²) in [4.78, 5) is 0. The molecule has 0 aliphatic carbocycles. The summed E-state index contributed by atoms with van der Waals surface area (Å²) in [7, 11) is 0. The molecule has 124 valence electrons. The Morgan fingerprint density at radius 1 is 0.960 bits per heavy atom. The molecule has 0 bridgehead atoms. The lowest BCUT2D eigenvalue weighted by molar-refractivity contribution is 0.465. The fourth-order valence-electron chi connectivity index (χ4n) is 2.17. The van der Waals surface area contributed by atoms with Gasteiger partial charge in [-0.25, -0.2) is 0 Å². The molecule has 0 aliphatic heterocycles. The van der Waals surface area contributed by atoms with E-state index in [1.165, 1.54) is 11.8 Å². The Morgan fingerprint density at radius 3 is 2.56 bits per heavy atom. The maximum absolute atomic E-state index is 5.70. The third-order valence-electron chi connectivity index (χ3n) is 3.36. The highest BCUT2D eigenvalue weighted by molar-refractivity contribution is 9.10. The number of tetrazole rings is 1. The molecule has 2 aromatic heterocycles. The lowest BCUT2D eigenvalue weighted by Crippen LogP contribution is -2.01. The molecule has 0 N–H and O–H groups in total. The average molecular weight is 415 g/mol. The third-order valence-corrected chi connectivity index (χ3v) is 4.70. The predicted molar refractivity (Wildman–Crippen MR) is 96.1 cm³/mol. The van der Waals surface area contributed by atoms with Crippen molar-refractivity contribution in [1.82, 2.24) is 30.4 Å². The number of hydrogen-bond donors (Lipinski definition) is 0. The van der Waals surface area contributed by atoms with Gasteiger partial charge in [-0.05, 0) is 46.8 Å². The van der Waals surface area contributed by atoms with Gasteiger partial charge >= 0.3 is 0 Å². The molecular weight excluding hydrogens is 404 g/mol. The molecule has 0 atom stereocenters. The smallest absolute Gasteiger partial charge is 0.277 e. The minimum atomic E-state index is 0.473. The largest absolute Gasteiger partial charge is 0.411 e. The number of nitrogens with zero attached hydrogens (tertiary/aromatic N) is 6. The molecule has 0 amide bonds. The van der Waals surface area contributed by atoms with Crippen molar-refractivity contribution in [3.63, 3.8) is 0 Å². The van der Waals surface area contributed by atoms with Gasteiger partial charge in [-0.3, -0.25) is 0 Å². The van der Waals surface area contributed by atoms with Crippen molar-refractivity contribution in [2.45, 2.75) is 11.0 Å². The van der Waals surface area contributed by atoms with Gasteiger partial charge in [0.1, 0.15) is 0 Å². The first kappa shape index (κ1) is 16.0. The number of para-hydroxylation sites is 1.